The second kappa shape index (κ2) is 8.56. The van der Waals surface area contributed by atoms with E-state index in [1.807, 2.05) is 0 Å². The van der Waals surface area contributed by atoms with Crippen molar-refractivity contribution in [2.75, 3.05) is 0 Å². The van der Waals surface area contributed by atoms with E-state index >= 15 is 0 Å². The molecule has 7 rings (SSSR count). The number of ketones is 1. The summed E-state index contributed by atoms with van der Waals surface area (Å²) in [6.45, 7) is 1.76. The van der Waals surface area contributed by atoms with E-state index in [9.17, 15) is 19.2 Å². The molecule has 6 nitrogen and oxygen atoms in total. The number of carbonyl (C=O) groups excluding carboxylic acids is 4. The second-order valence-corrected chi connectivity index (χ2v) is 10.9. The zero-order valence-electron chi connectivity index (χ0n) is 19.5. The Balaban J connectivity index is 1.45. The molecule has 3 fully saturated rings. The zero-order chi connectivity index (χ0) is 25.3. The number of amides is 3. The maximum absolute atomic E-state index is 14.0. The molecule has 0 spiro atoms. The Labute approximate surface area is 218 Å². The number of halogens is 2. The number of hydrazine groups is 1. The summed E-state index contributed by atoms with van der Waals surface area (Å²) in [6.07, 6.45) is 5.38. The summed E-state index contributed by atoms with van der Waals surface area (Å²) in [5.74, 6) is -2.04. The average Bonchev–Trinajstić information content (AvgIpc) is 3.66. The van der Waals surface area contributed by atoms with E-state index in [1.54, 1.807) is 37.3 Å². The van der Waals surface area contributed by atoms with E-state index in [4.69, 9.17) is 23.2 Å². The molecule has 4 aliphatic carbocycles. The van der Waals surface area contributed by atoms with Crippen LogP contribution in [0.3, 0.4) is 0 Å². The SMILES string of the molecule is CC[C@H](C(=O)c1ccccc1)N(C(=O)c1ccc(Cl)cc1Cl)N1C(=O)[C@@H]2[C@H]3C=C[C@@H]([C@@H]4C[C@H]34)[C@@H]2C1=O. The number of carbonyl (C=O) groups is 4. The molecule has 2 aromatic rings. The van der Waals surface area contributed by atoms with Gasteiger partial charge in [0.05, 0.1) is 22.4 Å². The molecular formula is C28H24Cl2N2O4. The summed E-state index contributed by atoms with van der Waals surface area (Å²) in [7, 11) is 0. The molecule has 2 bridgehead atoms. The van der Waals surface area contributed by atoms with Gasteiger partial charge in [0, 0.05) is 10.6 Å². The van der Waals surface area contributed by atoms with Crippen molar-refractivity contribution in [2.45, 2.75) is 25.8 Å². The highest BCUT2D eigenvalue weighted by atomic mass is 35.5. The molecule has 184 valence electrons. The van der Waals surface area contributed by atoms with Crippen molar-refractivity contribution in [3.63, 3.8) is 0 Å². The summed E-state index contributed by atoms with van der Waals surface area (Å²) >= 11 is 12.4. The number of hydrogen-bond donors (Lipinski definition) is 0. The van der Waals surface area contributed by atoms with Crippen molar-refractivity contribution in [1.29, 1.82) is 0 Å². The van der Waals surface area contributed by atoms with Gasteiger partial charge in [-0.1, -0.05) is 72.6 Å². The normalized spacial score (nSPS) is 30.1. The predicted octanol–water partition coefficient (Wildman–Crippen LogP) is 5.07. The first kappa shape index (κ1) is 23.4. The van der Waals surface area contributed by atoms with Gasteiger partial charge in [-0.05, 0) is 54.7 Å². The van der Waals surface area contributed by atoms with Gasteiger partial charge in [-0.2, -0.15) is 5.01 Å². The maximum atomic E-state index is 14.0. The Morgan fingerprint density at radius 2 is 1.58 bits per heavy atom. The highest BCUT2D eigenvalue weighted by Gasteiger charge is 2.68. The lowest BCUT2D eigenvalue weighted by Crippen LogP contribution is -2.57. The van der Waals surface area contributed by atoms with Gasteiger partial charge < -0.3 is 0 Å². The van der Waals surface area contributed by atoms with Crippen LogP contribution in [0, 0.1) is 35.5 Å². The topological polar surface area (TPSA) is 74.8 Å². The van der Waals surface area contributed by atoms with Crippen LogP contribution in [0.25, 0.3) is 0 Å². The number of Topliss-reactive ketones (excluding diaryl/α,β-unsaturated/α-hetero) is 1. The van der Waals surface area contributed by atoms with Crippen molar-refractivity contribution in [1.82, 2.24) is 10.0 Å². The Kier molecular flexibility index (Phi) is 5.58. The van der Waals surface area contributed by atoms with Gasteiger partial charge in [0.25, 0.3) is 17.7 Å². The molecule has 0 N–H and O–H groups in total. The monoisotopic (exact) mass is 522 g/mol. The Morgan fingerprint density at radius 1 is 0.972 bits per heavy atom. The third-order valence-corrected chi connectivity index (χ3v) is 8.82. The maximum Gasteiger partial charge on any atom is 0.275 e. The average molecular weight is 523 g/mol. The first-order chi connectivity index (χ1) is 17.3. The minimum absolute atomic E-state index is 0.00702. The summed E-state index contributed by atoms with van der Waals surface area (Å²) < 4.78 is 0. The quantitative estimate of drug-likeness (QED) is 0.301. The molecule has 0 radical (unpaired) electrons. The largest absolute Gasteiger partial charge is 0.292 e. The molecule has 7 atom stereocenters. The first-order valence-electron chi connectivity index (χ1n) is 12.3. The van der Waals surface area contributed by atoms with E-state index in [1.165, 1.54) is 18.2 Å². The zero-order valence-corrected chi connectivity index (χ0v) is 21.0. The highest BCUT2D eigenvalue weighted by Crippen LogP contribution is 2.65. The van der Waals surface area contributed by atoms with E-state index < -0.39 is 35.6 Å². The van der Waals surface area contributed by atoms with Gasteiger partial charge in [-0.15, -0.1) is 0 Å². The van der Waals surface area contributed by atoms with Crippen LogP contribution in [0.5, 0.6) is 0 Å². The molecule has 0 aromatic heterocycles. The fraction of sp³-hybridized carbons (Fsp3) is 0.357. The summed E-state index contributed by atoms with van der Waals surface area (Å²) in [6, 6.07) is 11.9. The van der Waals surface area contributed by atoms with Crippen LogP contribution in [0.2, 0.25) is 10.0 Å². The van der Waals surface area contributed by atoms with Crippen molar-refractivity contribution >= 4 is 46.7 Å². The standard InChI is InChI=1S/C28H24Cl2N2O4/c1-2-22(25(33)14-6-4-3-5-7-14)31(26(34)18-9-8-15(29)12-21(18)30)32-27(35)23-16-10-11-17(20-13-19(16)20)24(23)28(32)36/h3-12,16-17,19-20,22-24H,2,13H2,1H3/t16-,17-,19-,20+,22+,23-,24+/m0/s1. The third-order valence-electron chi connectivity index (χ3n) is 8.27. The molecule has 0 unspecified atom stereocenters. The molecule has 2 aromatic carbocycles. The number of imide groups is 1. The third kappa shape index (κ3) is 3.38. The van der Waals surface area contributed by atoms with Gasteiger partial charge in [0.2, 0.25) is 0 Å². The minimum Gasteiger partial charge on any atom is -0.292 e. The lowest BCUT2D eigenvalue weighted by molar-refractivity contribution is -0.157. The minimum atomic E-state index is -1.07. The first-order valence-corrected chi connectivity index (χ1v) is 13.0. The van der Waals surface area contributed by atoms with Crippen molar-refractivity contribution in [3.8, 4) is 0 Å². The number of nitrogens with zero attached hydrogens (tertiary/aromatic N) is 2. The van der Waals surface area contributed by atoms with Crippen molar-refractivity contribution in [2.24, 2.45) is 35.5 Å². The molecule has 36 heavy (non-hydrogen) atoms. The van der Waals surface area contributed by atoms with Crippen molar-refractivity contribution in [3.05, 3.63) is 81.9 Å². The van der Waals surface area contributed by atoms with Crippen LogP contribution in [0.15, 0.2) is 60.7 Å². The van der Waals surface area contributed by atoms with Gasteiger partial charge in [-0.25, -0.2) is 5.01 Å². The van der Waals surface area contributed by atoms with Gasteiger partial charge in [0.15, 0.2) is 5.78 Å². The van der Waals surface area contributed by atoms with Crippen LogP contribution >= 0.6 is 23.2 Å². The fourth-order valence-corrected chi connectivity index (χ4v) is 7.07. The number of allylic oxidation sites excluding steroid dienone is 2. The van der Waals surface area contributed by atoms with Crippen LogP contribution < -0.4 is 0 Å². The van der Waals surface area contributed by atoms with Gasteiger partial charge in [0.1, 0.15) is 6.04 Å². The van der Waals surface area contributed by atoms with E-state index in [-0.39, 0.29) is 34.6 Å². The molecule has 1 saturated heterocycles. The number of rotatable bonds is 6. The highest BCUT2D eigenvalue weighted by molar-refractivity contribution is 6.36. The molecule has 1 aliphatic heterocycles. The molecule has 5 aliphatic rings. The molecule has 8 heteroatoms. The molecule has 2 saturated carbocycles. The van der Waals surface area contributed by atoms with Gasteiger partial charge in [-0.3, -0.25) is 19.2 Å². The molecule has 3 amide bonds. The fourth-order valence-electron chi connectivity index (χ4n) is 6.58. The smallest absolute Gasteiger partial charge is 0.275 e. The van der Waals surface area contributed by atoms with Gasteiger partial charge >= 0.3 is 0 Å². The van der Waals surface area contributed by atoms with E-state index in [0.29, 0.717) is 22.4 Å². The summed E-state index contributed by atoms with van der Waals surface area (Å²) in [5, 5.41) is 2.46. The van der Waals surface area contributed by atoms with Crippen LogP contribution in [0.1, 0.15) is 40.5 Å². The lowest BCUT2D eigenvalue weighted by Gasteiger charge is -2.37. The van der Waals surface area contributed by atoms with E-state index in [2.05, 4.69) is 12.2 Å². The van der Waals surface area contributed by atoms with E-state index in [0.717, 1.165) is 16.4 Å². The molecular weight excluding hydrogens is 499 g/mol. The Hall–Kier alpha value is -2.96. The Bertz CT molecular complexity index is 1290. The Morgan fingerprint density at radius 3 is 2.14 bits per heavy atom. The van der Waals surface area contributed by atoms with Crippen molar-refractivity contribution < 1.29 is 19.2 Å². The molecule has 1 heterocycles. The second-order valence-electron chi connectivity index (χ2n) is 10.1. The van der Waals surface area contributed by atoms with Crippen LogP contribution in [0.4, 0.5) is 0 Å². The van der Waals surface area contributed by atoms with Crippen LogP contribution in [-0.4, -0.2) is 39.6 Å². The number of hydrogen-bond acceptors (Lipinski definition) is 4. The predicted molar refractivity (Wildman–Crippen MR) is 134 cm³/mol. The lowest BCUT2D eigenvalue weighted by atomic mass is 9.63. The summed E-state index contributed by atoms with van der Waals surface area (Å²) in [4.78, 5) is 55.5. The summed E-state index contributed by atoms with van der Waals surface area (Å²) in [5.41, 5.74) is 0.462. The number of benzene rings is 2. The van der Waals surface area contributed by atoms with Crippen LogP contribution in [-0.2, 0) is 9.59 Å².